The molecule has 0 aliphatic carbocycles. The van der Waals surface area contributed by atoms with E-state index in [4.69, 9.17) is 0 Å². The van der Waals surface area contributed by atoms with Gasteiger partial charge in [0.2, 0.25) is 0 Å². The molecular weight excluding hydrogens is 347 g/mol. The fourth-order valence-corrected chi connectivity index (χ4v) is 3.13. The van der Waals surface area contributed by atoms with Crippen LogP contribution in [-0.4, -0.2) is 4.90 Å². The van der Waals surface area contributed by atoms with Crippen molar-refractivity contribution in [1.29, 1.82) is 0 Å². The Balaban J connectivity index is 2.02. The predicted molar refractivity (Wildman–Crippen MR) is 102 cm³/mol. The Hall–Kier alpha value is -2.85. The third kappa shape index (κ3) is 5.08. The smallest absolute Gasteiger partial charge is 0.282 e. The van der Waals surface area contributed by atoms with Gasteiger partial charge in [-0.25, -0.2) is 4.39 Å². The monoisotopic (exact) mass is 367 g/mol. The van der Waals surface area contributed by atoms with Gasteiger partial charge in [-0.2, -0.15) is 8.78 Å². The highest BCUT2D eigenvalue weighted by molar-refractivity contribution is 5.28. The van der Waals surface area contributed by atoms with Gasteiger partial charge in [-0.15, -0.1) is 0 Å². The Morgan fingerprint density at radius 3 is 1.44 bits per heavy atom. The van der Waals surface area contributed by atoms with Crippen molar-refractivity contribution in [3.8, 4) is 0 Å². The average molecular weight is 367 g/mol. The summed E-state index contributed by atoms with van der Waals surface area (Å²) < 4.78 is 41.2. The molecule has 0 spiro atoms. The van der Waals surface area contributed by atoms with Crippen molar-refractivity contribution in [3.63, 3.8) is 0 Å². The molecule has 3 aromatic rings. The number of halogens is 3. The van der Waals surface area contributed by atoms with Crippen molar-refractivity contribution in [2.75, 3.05) is 0 Å². The van der Waals surface area contributed by atoms with Gasteiger partial charge in [0.25, 0.3) is 0 Å². The minimum atomic E-state index is -2.28. The zero-order valence-electron chi connectivity index (χ0n) is 14.7. The van der Waals surface area contributed by atoms with Crippen LogP contribution in [0.25, 0.3) is 0 Å². The number of benzene rings is 3. The standard InChI is InChI=1S/C23H20F3N/c24-21(23(25)26)22(20-14-8-3-9-15-20)27(16-18-10-4-1-5-11-18)17-19-12-6-2-7-13-19/h1-15,22H,16-17H2. The van der Waals surface area contributed by atoms with Crippen LogP contribution < -0.4 is 0 Å². The number of hydrogen-bond donors (Lipinski definition) is 0. The van der Waals surface area contributed by atoms with Crippen molar-refractivity contribution < 1.29 is 13.2 Å². The summed E-state index contributed by atoms with van der Waals surface area (Å²) in [6.45, 7) is 0.686. The molecule has 4 heteroatoms. The maximum Gasteiger partial charge on any atom is 0.303 e. The molecular formula is C23H20F3N. The van der Waals surface area contributed by atoms with Crippen LogP contribution in [0, 0.1) is 0 Å². The quantitative estimate of drug-likeness (QED) is 0.460. The Bertz CT molecular complexity index is 818. The Kier molecular flexibility index (Phi) is 6.44. The molecule has 1 nitrogen and oxygen atoms in total. The molecule has 0 aromatic heterocycles. The summed E-state index contributed by atoms with van der Waals surface area (Å²) >= 11 is 0. The minimum Gasteiger partial charge on any atom is -0.282 e. The van der Waals surface area contributed by atoms with E-state index in [0.29, 0.717) is 18.7 Å². The first-order valence-electron chi connectivity index (χ1n) is 8.72. The van der Waals surface area contributed by atoms with E-state index in [9.17, 15) is 13.2 Å². The minimum absolute atomic E-state index is 0.343. The van der Waals surface area contributed by atoms with Crippen molar-refractivity contribution >= 4 is 0 Å². The lowest BCUT2D eigenvalue weighted by atomic mass is 10.0. The van der Waals surface area contributed by atoms with E-state index < -0.39 is 17.9 Å². The molecule has 0 saturated carbocycles. The second-order valence-corrected chi connectivity index (χ2v) is 6.30. The lowest BCUT2D eigenvalue weighted by molar-refractivity contribution is 0.171. The summed E-state index contributed by atoms with van der Waals surface area (Å²) in [5, 5.41) is 0. The summed E-state index contributed by atoms with van der Waals surface area (Å²) in [5.41, 5.74) is 2.36. The first kappa shape index (κ1) is 18.9. The summed E-state index contributed by atoms with van der Waals surface area (Å²) in [6.07, 6.45) is -2.28. The second-order valence-electron chi connectivity index (χ2n) is 6.30. The van der Waals surface area contributed by atoms with Crippen LogP contribution in [0.4, 0.5) is 13.2 Å². The maximum atomic E-state index is 14.6. The first-order chi connectivity index (χ1) is 13.1. The summed E-state index contributed by atoms with van der Waals surface area (Å²) in [7, 11) is 0. The van der Waals surface area contributed by atoms with Gasteiger partial charge in [-0.1, -0.05) is 91.0 Å². The van der Waals surface area contributed by atoms with Crippen molar-refractivity contribution in [2.45, 2.75) is 19.1 Å². The van der Waals surface area contributed by atoms with Crippen molar-refractivity contribution in [1.82, 2.24) is 4.90 Å². The van der Waals surface area contributed by atoms with Crippen LogP contribution in [0.1, 0.15) is 22.7 Å². The normalized spacial score (nSPS) is 12.0. The van der Waals surface area contributed by atoms with E-state index in [1.807, 2.05) is 60.7 Å². The van der Waals surface area contributed by atoms with E-state index in [-0.39, 0.29) is 0 Å². The van der Waals surface area contributed by atoms with Crippen LogP contribution in [0.3, 0.4) is 0 Å². The molecule has 0 heterocycles. The van der Waals surface area contributed by atoms with Crippen molar-refractivity contribution in [2.24, 2.45) is 0 Å². The van der Waals surface area contributed by atoms with Crippen molar-refractivity contribution in [3.05, 3.63) is 120 Å². The van der Waals surface area contributed by atoms with Gasteiger partial charge in [-0.05, 0) is 16.7 Å². The van der Waals surface area contributed by atoms with E-state index in [2.05, 4.69) is 0 Å². The van der Waals surface area contributed by atoms with Crippen LogP contribution in [0.2, 0.25) is 0 Å². The molecule has 0 aliphatic rings. The highest BCUT2D eigenvalue weighted by Gasteiger charge is 2.28. The zero-order chi connectivity index (χ0) is 19.1. The number of hydrogen-bond acceptors (Lipinski definition) is 1. The average Bonchev–Trinajstić information content (AvgIpc) is 2.70. The van der Waals surface area contributed by atoms with E-state index in [0.717, 1.165) is 11.1 Å². The third-order valence-corrected chi connectivity index (χ3v) is 4.36. The maximum absolute atomic E-state index is 14.6. The molecule has 1 atom stereocenters. The Morgan fingerprint density at radius 2 is 1.04 bits per heavy atom. The number of nitrogens with zero attached hydrogens (tertiary/aromatic N) is 1. The largest absolute Gasteiger partial charge is 0.303 e. The van der Waals surface area contributed by atoms with Crippen LogP contribution in [0.15, 0.2) is 103 Å². The molecule has 3 aromatic carbocycles. The molecule has 27 heavy (non-hydrogen) atoms. The molecule has 0 radical (unpaired) electrons. The lowest BCUT2D eigenvalue weighted by Crippen LogP contribution is -2.29. The highest BCUT2D eigenvalue weighted by Crippen LogP contribution is 2.34. The molecule has 0 aliphatic heterocycles. The topological polar surface area (TPSA) is 3.24 Å². The fraction of sp³-hybridized carbons (Fsp3) is 0.130. The lowest BCUT2D eigenvalue weighted by Gasteiger charge is -2.31. The summed E-state index contributed by atoms with van der Waals surface area (Å²) in [4.78, 5) is 1.73. The molecule has 1 unspecified atom stereocenters. The molecule has 3 rings (SSSR count). The van der Waals surface area contributed by atoms with Gasteiger partial charge < -0.3 is 0 Å². The van der Waals surface area contributed by atoms with Gasteiger partial charge >= 0.3 is 6.08 Å². The SMILES string of the molecule is FC(F)=C(F)C(c1ccccc1)N(Cc1ccccc1)Cc1ccccc1. The second kappa shape index (κ2) is 9.19. The zero-order valence-corrected chi connectivity index (χ0v) is 14.7. The van der Waals surface area contributed by atoms with Crippen LogP contribution in [0.5, 0.6) is 0 Å². The van der Waals surface area contributed by atoms with Gasteiger partial charge in [0.1, 0.15) is 0 Å². The predicted octanol–water partition coefficient (Wildman–Crippen LogP) is 6.51. The van der Waals surface area contributed by atoms with E-state index >= 15 is 0 Å². The van der Waals surface area contributed by atoms with E-state index in [1.165, 1.54) is 0 Å². The van der Waals surface area contributed by atoms with Crippen LogP contribution in [-0.2, 0) is 13.1 Å². The fourth-order valence-electron chi connectivity index (χ4n) is 3.13. The molecule has 0 fully saturated rings. The first-order valence-corrected chi connectivity index (χ1v) is 8.72. The third-order valence-electron chi connectivity index (χ3n) is 4.36. The molecule has 0 bridgehead atoms. The van der Waals surface area contributed by atoms with Gasteiger partial charge in [0.05, 0.1) is 6.04 Å². The molecule has 0 saturated heterocycles. The highest BCUT2D eigenvalue weighted by atomic mass is 19.3. The Morgan fingerprint density at radius 1 is 0.630 bits per heavy atom. The Labute approximate surface area is 157 Å². The van der Waals surface area contributed by atoms with Gasteiger partial charge in [0.15, 0.2) is 5.83 Å². The number of rotatable bonds is 7. The summed E-state index contributed by atoms with van der Waals surface area (Å²) in [5.74, 6) is -1.41. The molecule has 0 amide bonds. The summed E-state index contributed by atoms with van der Waals surface area (Å²) in [6, 6.07) is 26.4. The molecule has 138 valence electrons. The van der Waals surface area contributed by atoms with Gasteiger partial charge in [-0.3, -0.25) is 4.90 Å². The van der Waals surface area contributed by atoms with Gasteiger partial charge in [0, 0.05) is 13.1 Å². The molecule has 0 N–H and O–H groups in total. The van der Waals surface area contributed by atoms with E-state index in [1.54, 1.807) is 35.2 Å². The van der Waals surface area contributed by atoms with Crippen LogP contribution >= 0.6 is 0 Å².